The van der Waals surface area contributed by atoms with Gasteiger partial charge in [-0.05, 0) is 53.9 Å². The fraction of sp³-hybridized carbons (Fsp3) is 0.167. The molecule has 1 saturated heterocycles. The SMILES string of the molecule is O=C(Nc1ccccc1-c1nc2ccccc2s1)C1CCCN(C(=O)c2cccc3ccccc23)C1. The summed E-state index contributed by atoms with van der Waals surface area (Å²) in [7, 11) is 0. The number of hydrogen-bond donors (Lipinski definition) is 1. The molecule has 0 bridgehead atoms. The molecule has 0 saturated carbocycles. The molecular weight excluding hydrogens is 466 g/mol. The van der Waals surface area contributed by atoms with Crippen LogP contribution in [0, 0.1) is 5.92 Å². The summed E-state index contributed by atoms with van der Waals surface area (Å²) in [5.41, 5.74) is 3.30. The second kappa shape index (κ2) is 9.55. The van der Waals surface area contributed by atoms with Gasteiger partial charge >= 0.3 is 0 Å². The van der Waals surface area contributed by atoms with E-state index < -0.39 is 0 Å². The highest BCUT2D eigenvalue weighted by molar-refractivity contribution is 7.21. The maximum atomic E-state index is 13.5. The molecule has 36 heavy (non-hydrogen) atoms. The van der Waals surface area contributed by atoms with E-state index in [0.717, 1.165) is 50.1 Å². The molecule has 1 aromatic heterocycles. The number of para-hydroxylation sites is 2. The van der Waals surface area contributed by atoms with E-state index in [1.807, 2.05) is 89.8 Å². The maximum Gasteiger partial charge on any atom is 0.254 e. The molecule has 5 aromatic rings. The van der Waals surface area contributed by atoms with Crippen molar-refractivity contribution in [3.63, 3.8) is 0 Å². The molecule has 0 spiro atoms. The third kappa shape index (κ3) is 4.25. The van der Waals surface area contributed by atoms with Crippen LogP contribution in [0.1, 0.15) is 23.2 Å². The zero-order valence-electron chi connectivity index (χ0n) is 19.7. The van der Waals surface area contributed by atoms with E-state index in [2.05, 4.69) is 11.4 Å². The number of carbonyl (C=O) groups is 2. The second-order valence-electron chi connectivity index (χ2n) is 9.14. The van der Waals surface area contributed by atoms with E-state index in [0.29, 0.717) is 18.7 Å². The zero-order chi connectivity index (χ0) is 24.5. The summed E-state index contributed by atoms with van der Waals surface area (Å²) in [5, 5.41) is 6.01. The van der Waals surface area contributed by atoms with Crippen LogP contribution in [-0.4, -0.2) is 34.8 Å². The smallest absolute Gasteiger partial charge is 0.254 e. The largest absolute Gasteiger partial charge is 0.338 e. The van der Waals surface area contributed by atoms with Gasteiger partial charge in [0.15, 0.2) is 0 Å². The van der Waals surface area contributed by atoms with Crippen LogP contribution in [0.2, 0.25) is 0 Å². The van der Waals surface area contributed by atoms with E-state index in [1.54, 1.807) is 11.3 Å². The van der Waals surface area contributed by atoms with Gasteiger partial charge in [0, 0.05) is 24.2 Å². The van der Waals surface area contributed by atoms with Crippen molar-refractivity contribution in [2.24, 2.45) is 5.92 Å². The lowest BCUT2D eigenvalue weighted by molar-refractivity contribution is -0.121. The molecule has 2 heterocycles. The van der Waals surface area contributed by atoms with Crippen LogP contribution in [0.4, 0.5) is 5.69 Å². The Hall–Kier alpha value is -4.03. The van der Waals surface area contributed by atoms with E-state index >= 15 is 0 Å². The minimum Gasteiger partial charge on any atom is -0.338 e. The Bertz CT molecular complexity index is 1550. The standard InChI is InChI=1S/C30H25N3O2S/c34-28(31-25-15-4-3-13-24(25)29-32-26-16-5-6-17-27(26)36-29)21-11-8-18-33(19-21)30(35)23-14-7-10-20-9-1-2-12-22(20)23/h1-7,9-10,12-17,21H,8,11,18-19H2,(H,31,34). The number of fused-ring (bicyclic) bond motifs is 2. The number of carbonyl (C=O) groups excluding carboxylic acids is 2. The first-order valence-corrected chi connectivity index (χ1v) is 13.0. The molecular formula is C30H25N3O2S. The third-order valence-electron chi connectivity index (χ3n) is 6.81. The van der Waals surface area contributed by atoms with E-state index in [1.165, 1.54) is 0 Å². The topological polar surface area (TPSA) is 62.3 Å². The molecule has 178 valence electrons. The van der Waals surface area contributed by atoms with Crippen LogP contribution in [-0.2, 0) is 4.79 Å². The molecule has 0 aliphatic carbocycles. The molecule has 1 fully saturated rings. The van der Waals surface area contributed by atoms with Gasteiger partial charge in [-0.15, -0.1) is 11.3 Å². The van der Waals surface area contributed by atoms with E-state index in [9.17, 15) is 9.59 Å². The Balaban J connectivity index is 1.21. The van der Waals surface area contributed by atoms with E-state index in [-0.39, 0.29) is 17.7 Å². The normalized spacial score (nSPS) is 15.8. The van der Waals surface area contributed by atoms with Crippen molar-refractivity contribution < 1.29 is 9.59 Å². The van der Waals surface area contributed by atoms with Crippen molar-refractivity contribution in [2.75, 3.05) is 18.4 Å². The van der Waals surface area contributed by atoms with Crippen molar-refractivity contribution in [3.8, 4) is 10.6 Å². The molecule has 4 aromatic carbocycles. The number of amides is 2. The van der Waals surface area contributed by atoms with Gasteiger partial charge in [0.1, 0.15) is 5.01 Å². The van der Waals surface area contributed by atoms with Gasteiger partial charge < -0.3 is 10.2 Å². The Morgan fingerprint density at radius 2 is 1.67 bits per heavy atom. The molecule has 6 rings (SSSR count). The summed E-state index contributed by atoms with van der Waals surface area (Å²) in [4.78, 5) is 33.4. The van der Waals surface area contributed by atoms with Crippen molar-refractivity contribution in [1.29, 1.82) is 0 Å². The van der Waals surface area contributed by atoms with Crippen molar-refractivity contribution >= 4 is 49.8 Å². The molecule has 1 atom stereocenters. The fourth-order valence-corrected chi connectivity index (χ4v) is 5.96. The first kappa shape index (κ1) is 22.4. The van der Waals surface area contributed by atoms with Crippen LogP contribution in [0.15, 0.2) is 91.0 Å². The van der Waals surface area contributed by atoms with Gasteiger partial charge in [-0.3, -0.25) is 9.59 Å². The lowest BCUT2D eigenvalue weighted by Gasteiger charge is -2.32. The summed E-state index contributed by atoms with van der Waals surface area (Å²) >= 11 is 1.61. The number of hydrogen-bond acceptors (Lipinski definition) is 4. The minimum absolute atomic E-state index is 0.0147. The molecule has 2 amide bonds. The summed E-state index contributed by atoms with van der Waals surface area (Å²) in [6.07, 6.45) is 1.56. The molecule has 0 radical (unpaired) electrons. The first-order valence-electron chi connectivity index (χ1n) is 12.2. The number of aromatic nitrogens is 1. The maximum absolute atomic E-state index is 13.5. The predicted octanol–water partition coefficient (Wildman–Crippen LogP) is 6.61. The minimum atomic E-state index is -0.263. The van der Waals surface area contributed by atoms with Gasteiger partial charge in [0.05, 0.1) is 21.8 Å². The lowest BCUT2D eigenvalue weighted by Crippen LogP contribution is -2.43. The second-order valence-corrected chi connectivity index (χ2v) is 10.2. The number of nitrogens with one attached hydrogen (secondary N) is 1. The summed E-state index contributed by atoms with van der Waals surface area (Å²) in [5.74, 6) is -0.334. The van der Waals surface area contributed by atoms with Crippen LogP contribution in [0.5, 0.6) is 0 Å². The number of thiazole rings is 1. The average Bonchev–Trinajstić information content (AvgIpc) is 3.37. The van der Waals surface area contributed by atoms with Gasteiger partial charge in [-0.25, -0.2) is 4.98 Å². The highest BCUT2D eigenvalue weighted by atomic mass is 32.1. The van der Waals surface area contributed by atoms with Gasteiger partial charge in [0.25, 0.3) is 5.91 Å². The molecule has 6 heteroatoms. The summed E-state index contributed by atoms with van der Waals surface area (Å²) in [6, 6.07) is 29.6. The van der Waals surface area contributed by atoms with Crippen molar-refractivity contribution in [3.05, 3.63) is 96.6 Å². The first-order chi connectivity index (χ1) is 17.7. The Kier molecular flexibility index (Phi) is 5.95. The van der Waals surface area contributed by atoms with Crippen LogP contribution in [0.3, 0.4) is 0 Å². The molecule has 1 aliphatic heterocycles. The van der Waals surface area contributed by atoms with Crippen molar-refractivity contribution in [1.82, 2.24) is 9.88 Å². The van der Waals surface area contributed by atoms with Crippen LogP contribution < -0.4 is 5.32 Å². The number of rotatable bonds is 4. The number of likely N-dealkylation sites (tertiary alicyclic amines) is 1. The molecule has 1 aliphatic rings. The van der Waals surface area contributed by atoms with E-state index in [4.69, 9.17) is 4.98 Å². The lowest BCUT2D eigenvalue weighted by atomic mass is 9.95. The molecule has 5 nitrogen and oxygen atoms in total. The average molecular weight is 492 g/mol. The highest BCUT2D eigenvalue weighted by Crippen LogP contribution is 2.35. The zero-order valence-corrected chi connectivity index (χ0v) is 20.5. The van der Waals surface area contributed by atoms with Crippen LogP contribution in [0.25, 0.3) is 31.6 Å². The predicted molar refractivity (Wildman–Crippen MR) is 146 cm³/mol. The number of benzene rings is 4. The number of anilines is 1. The Morgan fingerprint density at radius 1 is 0.889 bits per heavy atom. The van der Waals surface area contributed by atoms with Crippen LogP contribution >= 0.6 is 11.3 Å². The summed E-state index contributed by atoms with van der Waals surface area (Å²) in [6.45, 7) is 1.07. The Morgan fingerprint density at radius 3 is 2.58 bits per heavy atom. The monoisotopic (exact) mass is 491 g/mol. The summed E-state index contributed by atoms with van der Waals surface area (Å²) < 4.78 is 1.11. The highest BCUT2D eigenvalue weighted by Gasteiger charge is 2.30. The molecule has 1 N–H and O–H groups in total. The quantitative estimate of drug-likeness (QED) is 0.308. The van der Waals surface area contributed by atoms with Gasteiger partial charge in [0.2, 0.25) is 5.91 Å². The third-order valence-corrected chi connectivity index (χ3v) is 7.88. The number of piperidine rings is 1. The molecule has 1 unspecified atom stereocenters. The van der Waals surface area contributed by atoms with Gasteiger partial charge in [-0.2, -0.15) is 0 Å². The van der Waals surface area contributed by atoms with Crippen molar-refractivity contribution in [2.45, 2.75) is 12.8 Å². The number of nitrogens with zero attached hydrogens (tertiary/aromatic N) is 2. The van der Waals surface area contributed by atoms with Gasteiger partial charge in [-0.1, -0.05) is 60.7 Å². The fourth-order valence-electron chi connectivity index (χ4n) is 4.96. The Labute approximate surface area is 213 Å².